The van der Waals surface area contributed by atoms with E-state index < -0.39 is 4.92 Å². The molecule has 0 unspecified atom stereocenters. The standard InChI is InChI=1S/C19H15N3O3/c1-12-10-18-20-16-4-2-3-5-17(16)21(18)19(23)15(12)11-13-6-8-14(9-7-13)22(24)25/h2-10,20H,11H2,1H3. The third-order valence-electron chi connectivity index (χ3n) is 4.47. The lowest BCUT2D eigenvalue weighted by molar-refractivity contribution is -0.384. The number of nitro benzene ring substituents is 1. The van der Waals surface area contributed by atoms with Crippen molar-refractivity contribution in [1.82, 2.24) is 9.38 Å². The summed E-state index contributed by atoms with van der Waals surface area (Å²) >= 11 is 0. The fourth-order valence-electron chi connectivity index (χ4n) is 3.17. The highest BCUT2D eigenvalue weighted by Crippen LogP contribution is 2.19. The molecule has 0 aliphatic rings. The van der Waals surface area contributed by atoms with E-state index in [1.54, 1.807) is 16.5 Å². The van der Waals surface area contributed by atoms with Gasteiger partial charge in [-0.2, -0.15) is 0 Å². The Balaban J connectivity index is 1.85. The van der Waals surface area contributed by atoms with Crippen molar-refractivity contribution in [2.24, 2.45) is 0 Å². The molecule has 6 nitrogen and oxygen atoms in total. The van der Waals surface area contributed by atoms with Crippen molar-refractivity contribution in [2.45, 2.75) is 13.3 Å². The number of hydrogen-bond donors (Lipinski definition) is 1. The smallest absolute Gasteiger partial charge is 0.269 e. The topological polar surface area (TPSA) is 80.4 Å². The number of aryl methyl sites for hydroxylation is 1. The molecular formula is C19H15N3O3. The van der Waals surface area contributed by atoms with Crippen molar-refractivity contribution >= 4 is 22.4 Å². The highest BCUT2D eigenvalue weighted by molar-refractivity contribution is 5.80. The maximum Gasteiger partial charge on any atom is 0.269 e. The van der Waals surface area contributed by atoms with Gasteiger partial charge in [-0.25, -0.2) is 0 Å². The summed E-state index contributed by atoms with van der Waals surface area (Å²) in [4.78, 5) is 26.6. The van der Waals surface area contributed by atoms with E-state index in [9.17, 15) is 14.9 Å². The molecule has 0 spiro atoms. The minimum Gasteiger partial charge on any atom is -0.340 e. The van der Waals surface area contributed by atoms with Crippen molar-refractivity contribution in [3.8, 4) is 0 Å². The normalized spacial score (nSPS) is 11.2. The number of rotatable bonds is 3. The lowest BCUT2D eigenvalue weighted by Crippen LogP contribution is -2.19. The second kappa shape index (κ2) is 5.59. The number of H-pyrrole nitrogens is 1. The van der Waals surface area contributed by atoms with E-state index in [0.717, 1.165) is 27.8 Å². The summed E-state index contributed by atoms with van der Waals surface area (Å²) in [5, 5.41) is 10.8. The second-order valence-electron chi connectivity index (χ2n) is 6.07. The Bertz CT molecular complexity index is 1170. The van der Waals surface area contributed by atoms with Gasteiger partial charge in [-0.05, 0) is 36.2 Å². The average Bonchev–Trinajstić information content (AvgIpc) is 2.97. The van der Waals surface area contributed by atoms with Crippen LogP contribution in [0.1, 0.15) is 16.7 Å². The number of aromatic nitrogens is 2. The van der Waals surface area contributed by atoms with Crippen molar-refractivity contribution < 1.29 is 4.92 Å². The van der Waals surface area contributed by atoms with Gasteiger partial charge in [0.05, 0.1) is 16.0 Å². The fourth-order valence-corrected chi connectivity index (χ4v) is 3.17. The van der Waals surface area contributed by atoms with E-state index >= 15 is 0 Å². The van der Waals surface area contributed by atoms with Crippen LogP contribution in [0.25, 0.3) is 16.7 Å². The van der Waals surface area contributed by atoms with E-state index in [1.807, 2.05) is 37.3 Å². The van der Waals surface area contributed by atoms with E-state index in [-0.39, 0.29) is 11.2 Å². The van der Waals surface area contributed by atoms with Crippen molar-refractivity contribution in [3.63, 3.8) is 0 Å². The minimum atomic E-state index is -0.429. The molecule has 0 fully saturated rings. The lowest BCUT2D eigenvalue weighted by atomic mass is 10.0. The molecular weight excluding hydrogens is 318 g/mol. The van der Waals surface area contributed by atoms with Crippen molar-refractivity contribution in [1.29, 1.82) is 0 Å². The van der Waals surface area contributed by atoms with Gasteiger partial charge < -0.3 is 4.98 Å². The van der Waals surface area contributed by atoms with Gasteiger partial charge in [-0.3, -0.25) is 19.3 Å². The summed E-state index contributed by atoms with van der Waals surface area (Å²) in [5.74, 6) is 0. The lowest BCUT2D eigenvalue weighted by Gasteiger charge is -2.07. The molecule has 25 heavy (non-hydrogen) atoms. The maximum atomic E-state index is 13.0. The van der Waals surface area contributed by atoms with Crippen LogP contribution in [-0.2, 0) is 6.42 Å². The first kappa shape index (κ1) is 15.1. The quantitative estimate of drug-likeness (QED) is 0.459. The van der Waals surface area contributed by atoms with Gasteiger partial charge >= 0.3 is 0 Å². The molecule has 4 rings (SSSR count). The number of nitrogens with one attached hydrogen (secondary N) is 1. The molecule has 0 radical (unpaired) electrons. The number of para-hydroxylation sites is 2. The number of benzene rings is 2. The van der Waals surface area contributed by atoms with E-state index in [4.69, 9.17) is 0 Å². The molecule has 2 aromatic carbocycles. The summed E-state index contributed by atoms with van der Waals surface area (Å²) in [6.07, 6.45) is 0.436. The van der Waals surface area contributed by atoms with Gasteiger partial charge in [-0.1, -0.05) is 24.3 Å². The summed E-state index contributed by atoms with van der Waals surface area (Å²) in [6.45, 7) is 1.91. The monoisotopic (exact) mass is 333 g/mol. The number of aromatic amines is 1. The first-order valence-electron chi connectivity index (χ1n) is 7.90. The SMILES string of the molecule is Cc1cc2[nH]c3ccccc3n2c(=O)c1Cc1ccc([N+](=O)[O-])cc1. The molecule has 0 bridgehead atoms. The molecule has 124 valence electrons. The number of nitrogens with zero attached hydrogens (tertiary/aromatic N) is 2. The second-order valence-corrected chi connectivity index (χ2v) is 6.07. The van der Waals surface area contributed by atoms with Gasteiger partial charge in [0.15, 0.2) is 0 Å². The van der Waals surface area contributed by atoms with Gasteiger partial charge in [0.25, 0.3) is 11.2 Å². The van der Waals surface area contributed by atoms with E-state index in [2.05, 4.69) is 4.98 Å². The van der Waals surface area contributed by atoms with Crippen LogP contribution in [0.15, 0.2) is 59.4 Å². The summed E-state index contributed by atoms with van der Waals surface area (Å²) in [5.41, 5.74) is 4.95. The maximum absolute atomic E-state index is 13.0. The van der Waals surface area contributed by atoms with Gasteiger partial charge in [0.2, 0.25) is 0 Å². The molecule has 0 amide bonds. The van der Waals surface area contributed by atoms with E-state index in [0.29, 0.717) is 12.0 Å². The Morgan fingerprint density at radius 3 is 2.56 bits per heavy atom. The summed E-state index contributed by atoms with van der Waals surface area (Å²) in [7, 11) is 0. The van der Waals surface area contributed by atoms with Crippen LogP contribution in [0, 0.1) is 17.0 Å². The Kier molecular flexibility index (Phi) is 3.39. The Hall–Kier alpha value is -3.41. The van der Waals surface area contributed by atoms with Crippen LogP contribution in [0.4, 0.5) is 5.69 Å². The summed E-state index contributed by atoms with van der Waals surface area (Å²) < 4.78 is 1.68. The first-order valence-corrected chi connectivity index (χ1v) is 7.90. The molecule has 0 aliphatic carbocycles. The Labute approximate surface area is 142 Å². The average molecular weight is 333 g/mol. The highest BCUT2D eigenvalue weighted by Gasteiger charge is 2.13. The third-order valence-corrected chi connectivity index (χ3v) is 4.47. The van der Waals surface area contributed by atoms with Crippen LogP contribution in [0.2, 0.25) is 0 Å². The zero-order valence-electron chi connectivity index (χ0n) is 13.5. The van der Waals surface area contributed by atoms with Crippen LogP contribution >= 0.6 is 0 Å². The molecule has 6 heteroatoms. The van der Waals surface area contributed by atoms with Gasteiger partial charge in [-0.15, -0.1) is 0 Å². The van der Waals surface area contributed by atoms with Crippen LogP contribution < -0.4 is 5.56 Å². The zero-order valence-corrected chi connectivity index (χ0v) is 13.5. The fraction of sp³-hybridized carbons (Fsp3) is 0.105. The minimum absolute atomic E-state index is 0.0456. The van der Waals surface area contributed by atoms with Crippen molar-refractivity contribution in [2.75, 3.05) is 0 Å². The van der Waals surface area contributed by atoms with Crippen LogP contribution in [-0.4, -0.2) is 14.3 Å². The molecule has 2 aromatic heterocycles. The third kappa shape index (κ3) is 2.48. The van der Waals surface area contributed by atoms with Gasteiger partial charge in [0.1, 0.15) is 5.65 Å². The molecule has 0 saturated carbocycles. The number of nitro groups is 1. The number of pyridine rings is 1. The summed E-state index contributed by atoms with van der Waals surface area (Å²) in [6, 6.07) is 16.0. The molecule has 0 aliphatic heterocycles. The number of imidazole rings is 1. The Morgan fingerprint density at radius 1 is 1.12 bits per heavy atom. The molecule has 4 aromatic rings. The van der Waals surface area contributed by atoms with Crippen LogP contribution in [0.5, 0.6) is 0 Å². The number of fused-ring (bicyclic) bond motifs is 3. The molecule has 0 atom stereocenters. The molecule has 1 N–H and O–H groups in total. The molecule has 0 saturated heterocycles. The zero-order chi connectivity index (χ0) is 17.6. The van der Waals surface area contributed by atoms with Gasteiger partial charge in [0, 0.05) is 24.1 Å². The van der Waals surface area contributed by atoms with Crippen LogP contribution in [0.3, 0.4) is 0 Å². The number of hydrogen-bond acceptors (Lipinski definition) is 3. The number of non-ortho nitro benzene ring substituents is 1. The first-order chi connectivity index (χ1) is 12.0. The Morgan fingerprint density at radius 2 is 1.84 bits per heavy atom. The predicted molar refractivity (Wildman–Crippen MR) is 96.2 cm³/mol. The largest absolute Gasteiger partial charge is 0.340 e. The van der Waals surface area contributed by atoms with Crippen molar-refractivity contribution in [3.05, 3.63) is 91.8 Å². The van der Waals surface area contributed by atoms with E-state index in [1.165, 1.54) is 12.1 Å². The predicted octanol–water partition coefficient (Wildman–Crippen LogP) is 3.59. The highest BCUT2D eigenvalue weighted by atomic mass is 16.6. The molecule has 2 heterocycles.